The van der Waals surface area contributed by atoms with Gasteiger partial charge in [-0.15, -0.1) is 0 Å². The van der Waals surface area contributed by atoms with E-state index in [0.717, 1.165) is 22.5 Å². The second-order valence-electron chi connectivity index (χ2n) is 5.55. The van der Waals surface area contributed by atoms with Crippen LogP contribution in [-0.4, -0.2) is 25.3 Å². The highest BCUT2D eigenvalue weighted by Crippen LogP contribution is 2.28. The summed E-state index contributed by atoms with van der Waals surface area (Å²) in [5.74, 6) is 2.22. The third kappa shape index (κ3) is 4.47. The molecule has 0 aliphatic rings. The Morgan fingerprint density at radius 2 is 2.04 bits per heavy atom. The predicted octanol–water partition coefficient (Wildman–Crippen LogP) is 5.41. The van der Waals surface area contributed by atoms with Crippen LogP contribution in [0.4, 0.5) is 0 Å². The Kier molecular flexibility index (Phi) is 6.35. The fraction of sp³-hybridized carbons (Fsp3) is 0.211. The van der Waals surface area contributed by atoms with Gasteiger partial charge in [0.15, 0.2) is 17.1 Å². The molecule has 1 N–H and O–H groups in total. The number of halogens is 2. The quantitative estimate of drug-likeness (QED) is 0.529. The van der Waals surface area contributed by atoms with E-state index in [1.807, 2.05) is 24.3 Å². The van der Waals surface area contributed by atoms with Gasteiger partial charge in [0.2, 0.25) is 0 Å². The maximum Gasteiger partial charge on any atom is 0.287 e. The molecule has 0 spiro atoms. The maximum atomic E-state index is 12.2. The topological polar surface area (TPSA) is 51.5 Å². The summed E-state index contributed by atoms with van der Waals surface area (Å²) in [5, 5.41) is 4.80. The molecule has 7 heteroatoms. The molecule has 1 heterocycles. The normalized spacial score (nSPS) is 10.9. The Morgan fingerprint density at radius 3 is 2.81 bits per heavy atom. The lowest BCUT2D eigenvalue weighted by molar-refractivity contribution is 0.0930. The third-order valence-electron chi connectivity index (χ3n) is 3.74. The number of carbonyl (C=O) groups is 1. The number of hydrogen-bond donors (Lipinski definition) is 1. The van der Waals surface area contributed by atoms with Crippen LogP contribution in [0.5, 0.6) is 5.75 Å². The molecule has 0 atom stereocenters. The summed E-state index contributed by atoms with van der Waals surface area (Å²) in [6.45, 7) is 0.541. The fourth-order valence-corrected chi connectivity index (χ4v) is 3.58. The largest absolute Gasteiger partial charge is 0.493 e. The first kappa shape index (κ1) is 19.0. The molecule has 1 aromatic heterocycles. The molecule has 0 saturated carbocycles. The first-order chi connectivity index (χ1) is 12.6. The van der Waals surface area contributed by atoms with Crippen molar-refractivity contribution in [3.8, 4) is 5.75 Å². The molecule has 0 bridgehead atoms. The number of methoxy groups -OCH3 is 1. The van der Waals surface area contributed by atoms with Gasteiger partial charge in [-0.3, -0.25) is 4.79 Å². The summed E-state index contributed by atoms with van der Waals surface area (Å²) in [5.41, 5.74) is 1.68. The zero-order valence-corrected chi connectivity index (χ0v) is 16.4. The van der Waals surface area contributed by atoms with Crippen LogP contribution in [0.2, 0.25) is 10.0 Å². The average molecular weight is 410 g/mol. The Hall–Kier alpha value is -1.82. The van der Waals surface area contributed by atoms with E-state index in [1.54, 1.807) is 37.1 Å². The molecule has 3 aromatic rings. The van der Waals surface area contributed by atoms with Crippen LogP contribution in [0.3, 0.4) is 0 Å². The van der Waals surface area contributed by atoms with Crippen LogP contribution in [-0.2, 0) is 5.75 Å². The van der Waals surface area contributed by atoms with Crippen molar-refractivity contribution in [2.75, 3.05) is 19.4 Å². The van der Waals surface area contributed by atoms with E-state index in [4.69, 9.17) is 32.4 Å². The average Bonchev–Trinajstić information content (AvgIpc) is 3.08. The highest BCUT2D eigenvalue weighted by atomic mass is 35.5. The van der Waals surface area contributed by atoms with Crippen molar-refractivity contribution < 1.29 is 13.9 Å². The molecular weight excluding hydrogens is 393 g/mol. The van der Waals surface area contributed by atoms with Crippen molar-refractivity contribution in [2.45, 2.75) is 5.75 Å². The number of amides is 1. The van der Waals surface area contributed by atoms with Crippen LogP contribution in [0.15, 0.2) is 46.9 Å². The van der Waals surface area contributed by atoms with Crippen molar-refractivity contribution >= 4 is 51.8 Å². The van der Waals surface area contributed by atoms with Gasteiger partial charge in [-0.1, -0.05) is 41.4 Å². The lowest BCUT2D eigenvalue weighted by Crippen LogP contribution is -2.25. The van der Waals surface area contributed by atoms with Crippen LogP contribution in [0, 0.1) is 0 Å². The molecule has 0 unspecified atom stereocenters. The number of para-hydroxylation sites is 1. The fourth-order valence-electron chi connectivity index (χ4n) is 2.45. The van der Waals surface area contributed by atoms with E-state index >= 15 is 0 Å². The zero-order valence-electron chi connectivity index (χ0n) is 14.1. The van der Waals surface area contributed by atoms with Crippen LogP contribution in [0.25, 0.3) is 11.0 Å². The number of furan rings is 1. The molecule has 2 aromatic carbocycles. The summed E-state index contributed by atoms with van der Waals surface area (Å²) >= 11 is 13.6. The molecule has 4 nitrogen and oxygen atoms in total. The minimum absolute atomic E-state index is 0.238. The highest BCUT2D eigenvalue weighted by molar-refractivity contribution is 7.98. The Labute approximate surface area is 165 Å². The summed E-state index contributed by atoms with van der Waals surface area (Å²) in [6.07, 6.45) is 0. The van der Waals surface area contributed by atoms with E-state index in [0.29, 0.717) is 27.9 Å². The van der Waals surface area contributed by atoms with Gasteiger partial charge in [0.25, 0.3) is 5.91 Å². The minimum atomic E-state index is -0.238. The van der Waals surface area contributed by atoms with Crippen LogP contribution < -0.4 is 10.1 Å². The standard InChI is InChI=1S/C19H17Cl2NO3S/c1-24-16-4-2-3-13-10-17(25-18(13)16)19(23)22-7-8-26-11-12-5-6-14(20)15(21)9-12/h2-6,9-10H,7-8,11H2,1H3,(H,22,23). The summed E-state index contributed by atoms with van der Waals surface area (Å²) < 4.78 is 10.9. The van der Waals surface area contributed by atoms with Gasteiger partial charge in [-0.2, -0.15) is 11.8 Å². The van der Waals surface area contributed by atoms with Crippen molar-refractivity contribution in [3.63, 3.8) is 0 Å². The molecule has 0 fully saturated rings. The number of carbonyl (C=O) groups excluding carboxylic acids is 1. The van der Waals surface area contributed by atoms with Crippen molar-refractivity contribution in [1.82, 2.24) is 5.32 Å². The number of thioether (sulfide) groups is 1. The first-order valence-corrected chi connectivity index (χ1v) is 9.86. The van der Waals surface area contributed by atoms with E-state index in [-0.39, 0.29) is 11.7 Å². The number of rotatable bonds is 7. The number of nitrogens with one attached hydrogen (secondary N) is 1. The third-order valence-corrected chi connectivity index (χ3v) is 5.51. The lowest BCUT2D eigenvalue weighted by Gasteiger charge is -2.05. The zero-order chi connectivity index (χ0) is 18.5. The summed E-state index contributed by atoms with van der Waals surface area (Å²) in [4.78, 5) is 12.2. The molecule has 136 valence electrons. The Balaban J connectivity index is 1.49. The van der Waals surface area contributed by atoms with E-state index < -0.39 is 0 Å². The van der Waals surface area contributed by atoms with Gasteiger partial charge >= 0.3 is 0 Å². The Bertz CT molecular complexity index is 926. The molecule has 1 amide bonds. The molecule has 3 rings (SSSR count). The molecule has 0 saturated heterocycles. The molecule has 0 radical (unpaired) electrons. The lowest BCUT2D eigenvalue weighted by atomic mass is 10.2. The second kappa shape index (κ2) is 8.71. The van der Waals surface area contributed by atoms with Crippen molar-refractivity contribution in [2.24, 2.45) is 0 Å². The number of ether oxygens (including phenoxy) is 1. The van der Waals surface area contributed by atoms with Gasteiger partial charge in [0.05, 0.1) is 17.2 Å². The second-order valence-corrected chi connectivity index (χ2v) is 7.47. The molecular formula is C19H17Cl2NO3S. The van der Waals surface area contributed by atoms with E-state index in [2.05, 4.69) is 5.32 Å². The molecule has 0 aliphatic heterocycles. The minimum Gasteiger partial charge on any atom is -0.493 e. The number of hydrogen-bond acceptors (Lipinski definition) is 4. The van der Waals surface area contributed by atoms with E-state index in [9.17, 15) is 4.79 Å². The van der Waals surface area contributed by atoms with Crippen molar-refractivity contribution in [1.29, 1.82) is 0 Å². The summed E-state index contributed by atoms with van der Waals surface area (Å²) in [7, 11) is 1.57. The maximum absolute atomic E-state index is 12.2. The Morgan fingerprint density at radius 1 is 1.19 bits per heavy atom. The monoisotopic (exact) mass is 409 g/mol. The first-order valence-electron chi connectivity index (χ1n) is 7.95. The summed E-state index contributed by atoms with van der Waals surface area (Å²) in [6, 6.07) is 12.8. The van der Waals surface area contributed by atoms with Gasteiger partial charge in [0, 0.05) is 23.4 Å². The highest BCUT2D eigenvalue weighted by Gasteiger charge is 2.14. The predicted molar refractivity (Wildman–Crippen MR) is 108 cm³/mol. The number of benzene rings is 2. The van der Waals surface area contributed by atoms with Gasteiger partial charge in [-0.05, 0) is 29.8 Å². The van der Waals surface area contributed by atoms with Gasteiger partial charge < -0.3 is 14.5 Å². The van der Waals surface area contributed by atoms with E-state index in [1.165, 1.54) is 0 Å². The van der Waals surface area contributed by atoms with Gasteiger partial charge in [-0.25, -0.2) is 0 Å². The number of fused-ring (bicyclic) bond motifs is 1. The molecule has 26 heavy (non-hydrogen) atoms. The van der Waals surface area contributed by atoms with Crippen molar-refractivity contribution in [3.05, 3.63) is 63.8 Å². The molecule has 0 aliphatic carbocycles. The van der Waals surface area contributed by atoms with Crippen LogP contribution in [0.1, 0.15) is 16.1 Å². The van der Waals surface area contributed by atoms with Gasteiger partial charge in [0.1, 0.15) is 0 Å². The smallest absolute Gasteiger partial charge is 0.287 e. The SMILES string of the molecule is COc1cccc2cc(C(=O)NCCSCc3ccc(Cl)c(Cl)c3)oc12. The van der Waals surface area contributed by atoms with Crippen LogP contribution >= 0.6 is 35.0 Å².